The summed E-state index contributed by atoms with van der Waals surface area (Å²) in [7, 11) is 0. The van der Waals surface area contributed by atoms with Gasteiger partial charge < -0.3 is 0 Å². The van der Waals surface area contributed by atoms with Crippen molar-refractivity contribution in [3.63, 3.8) is 0 Å². The van der Waals surface area contributed by atoms with Crippen LogP contribution in [0.5, 0.6) is 0 Å². The minimum absolute atomic E-state index is 0.197. The van der Waals surface area contributed by atoms with Crippen molar-refractivity contribution in [2.45, 2.75) is 37.5 Å². The van der Waals surface area contributed by atoms with Gasteiger partial charge in [0.05, 0.1) is 6.57 Å². The zero-order valence-corrected chi connectivity index (χ0v) is 17.1. The normalized spacial score (nSPS) is 32.1. The second-order valence-corrected chi connectivity index (χ2v) is 10.1. The van der Waals surface area contributed by atoms with Gasteiger partial charge in [-0.15, -0.1) is 0 Å². The maximum Gasteiger partial charge on any atom is 0.194 e. The van der Waals surface area contributed by atoms with Gasteiger partial charge in [-0.25, -0.2) is 4.85 Å². The van der Waals surface area contributed by atoms with Crippen LogP contribution in [-0.4, -0.2) is 0 Å². The van der Waals surface area contributed by atoms with Gasteiger partial charge in [-0.3, -0.25) is 0 Å². The number of benzene rings is 3. The molecule has 0 N–H and O–H groups in total. The fourth-order valence-electron chi connectivity index (χ4n) is 8.14. The van der Waals surface area contributed by atoms with E-state index in [1.165, 1.54) is 48.8 Å². The molecule has 30 heavy (non-hydrogen) atoms. The van der Waals surface area contributed by atoms with Gasteiger partial charge >= 0.3 is 0 Å². The lowest BCUT2D eigenvalue weighted by Crippen LogP contribution is -2.55. The number of hydrogen-bond donors (Lipinski definition) is 0. The van der Waals surface area contributed by atoms with Crippen molar-refractivity contribution < 1.29 is 0 Å². The van der Waals surface area contributed by atoms with Crippen molar-refractivity contribution in [2.24, 2.45) is 23.7 Å². The zero-order valence-electron chi connectivity index (χ0n) is 17.1. The van der Waals surface area contributed by atoms with Crippen LogP contribution >= 0.6 is 0 Å². The molecule has 8 rings (SSSR count). The quantitative estimate of drug-likeness (QED) is 0.378. The first-order chi connectivity index (χ1) is 14.8. The highest BCUT2D eigenvalue weighted by atomic mass is 14.7. The smallest absolute Gasteiger partial charge is 0.194 e. The Bertz CT molecular complexity index is 1200. The van der Waals surface area contributed by atoms with Gasteiger partial charge in [0.2, 0.25) is 0 Å². The lowest BCUT2D eigenvalue weighted by atomic mass is 9.43. The van der Waals surface area contributed by atoms with Crippen LogP contribution < -0.4 is 0 Å². The minimum atomic E-state index is 0.197. The van der Waals surface area contributed by atoms with Crippen LogP contribution in [0.2, 0.25) is 0 Å². The molecule has 0 amide bonds. The van der Waals surface area contributed by atoms with E-state index in [0.717, 1.165) is 34.9 Å². The lowest BCUT2D eigenvalue weighted by Gasteiger charge is -2.61. The summed E-state index contributed by atoms with van der Waals surface area (Å²) in [4.78, 5) is 3.81. The molecule has 0 saturated heterocycles. The molecule has 0 heterocycles. The molecule has 4 bridgehead atoms. The molecular weight excluding hydrogens is 362 g/mol. The Kier molecular flexibility index (Phi) is 3.30. The van der Waals surface area contributed by atoms with E-state index in [1.54, 1.807) is 11.1 Å². The fraction of sp³-hybridized carbons (Fsp3) is 0.345. The van der Waals surface area contributed by atoms with Gasteiger partial charge in [0.15, 0.2) is 5.69 Å². The first-order valence-corrected chi connectivity index (χ1v) is 11.5. The van der Waals surface area contributed by atoms with Gasteiger partial charge in [-0.1, -0.05) is 66.7 Å². The van der Waals surface area contributed by atoms with E-state index in [2.05, 4.69) is 59.4 Å². The summed E-state index contributed by atoms with van der Waals surface area (Å²) in [5.41, 5.74) is 9.31. The van der Waals surface area contributed by atoms with Crippen LogP contribution in [0.15, 0.2) is 66.7 Å². The van der Waals surface area contributed by atoms with E-state index >= 15 is 0 Å². The van der Waals surface area contributed by atoms with Crippen molar-refractivity contribution in [2.75, 3.05) is 0 Å². The highest BCUT2D eigenvalue weighted by Gasteiger charge is 2.61. The van der Waals surface area contributed by atoms with E-state index in [-0.39, 0.29) is 5.41 Å². The van der Waals surface area contributed by atoms with Crippen molar-refractivity contribution in [3.8, 4) is 22.3 Å². The van der Waals surface area contributed by atoms with Crippen LogP contribution in [0.3, 0.4) is 0 Å². The van der Waals surface area contributed by atoms with Crippen molar-refractivity contribution in [1.82, 2.24) is 0 Å². The number of rotatable bonds is 1. The van der Waals surface area contributed by atoms with Crippen LogP contribution in [0, 0.1) is 30.2 Å². The zero-order chi connectivity index (χ0) is 19.9. The number of para-hydroxylation sites is 1. The van der Waals surface area contributed by atoms with Gasteiger partial charge in [0.25, 0.3) is 0 Å². The molecule has 0 radical (unpaired) electrons. The molecule has 5 aliphatic carbocycles. The van der Waals surface area contributed by atoms with Crippen LogP contribution in [-0.2, 0) is 5.41 Å². The molecule has 0 aliphatic heterocycles. The third-order valence-corrected chi connectivity index (χ3v) is 8.89. The first kappa shape index (κ1) is 16.9. The third-order valence-electron chi connectivity index (χ3n) is 8.89. The second kappa shape index (κ2) is 5.86. The molecule has 3 aromatic rings. The molecule has 4 saturated carbocycles. The SMILES string of the molecule is [C-]#[N+]c1ccccc1-c1ccc2c(c1)C1(c3ccccc3-2)C2CC3CC(C2)CC1C3. The highest BCUT2D eigenvalue weighted by Crippen LogP contribution is 2.69. The van der Waals surface area contributed by atoms with Crippen LogP contribution in [0.25, 0.3) is 27.1 Å². The molecule has 1 spiro atoms. The van der Waals surface area contributed by atoms with Crippen molar-refractivity contribution in [3.05, 3.63) is 89.3 Å². The monoisotopic (exact) mass is 387 g/mol. The average Bonchev–Trinajstić information content (AvgIpc) is 3.07. The molecule has 5 aliphatic rings. The Labute approximate surface area is 178 Å². The molecule has 1 heteroatoms. The van der Waals surface area contributed by atoms with Gasteiger partial charge in [0.1, 0.15) is 0 Å². The Hall–Kier alpha value is -2.85. The number of hydrogen-bond acceptors (Lipinski definition) is 0. The Morgan fingerprint density at radius 1 is 0.667 bits per heavy atom. The summed E-state index contributed by atoms with van der Waals surface area (Å²) in [6, 6.07) is 24.4. The molecule has 3 aromatic carbocycles. The predicted molar refractivity (Wildman–Crippen MR) is 121 cm³/mol. The minimum Gasteiger partial charge on any atom is -0.238 e. The maximum atomic E-state index is 7.64. The summed E-state index contributed by atoms with van der Waals surface area (Å²) in [6.45, 7) is 7.64. The second-order valence-electron chi connectivity index (χ2n) is 10.1. The van der Waals surface area contributed by atoms with E-state index < -0.39 is 0 Å². The summed E-state index contributed by atoms with van der Waals surface area (Å²) in [5, 5.41) is 0. The van der Waals surface area contributed by atoms with Crippen molar-refractivity contribution in [1.29, 1.82) is 0 Å². The van der Waals surface area contributed by atoms with Gasteiger partial charge in [-0.2, -0.15) is 0 Å². The largest absolute Gasteiger partial charge is 0.238 e. The fourth-order valence-corrected chi connectivity index (χ4v) is 8.14. The highest BCUT2D eigenvalue weighted by molar-refractivity contribution is 5.87. The third kappa shape index (κ3) is 1.98. The molecule has 0 unspecified atom stereocenters. The van der Waals surface area contributed by atoms with E-state index in [4.69, 9.17) is 6.57 Å². The molecule has 1 nitrogen and oxygen atoms in total. The number of fused-ring (bicyclic) bond motifs is 3. The van der Waals surface area contributed by atoms with Crippen LogP contribution in [0.1, 0.15) is 43.2 Å². The van der Waals surface area contributed by atoms with Crippen molar-refractivity contribution >= 4 is 5.69 Å². The topological polar surface area (TPSA) is 4.36 Å². The average molecular weight is 388 g/mol. The molecule has 146 valence electrons. The summed E-state index contributed by atoms with van der Waals surface area (Å²) >= 11 is 0. The van der Waals surface area contributed by atoms with Crippen LogP contribution in [0.4, 0.5) is 5.69 Å². The Balaban J connectivity index is 1.50. The van der Waals surface area contributed by atoms with Gasteiger partial charge in [-0.05, 0) is 89.2 Å². The molecule has 0 aromatic heterocycles. The van der Waals surface area contributed by atoms with E-state index in [9.17, 15) is 0 Å². The maximum absolute atomic E-state index is 7.64. The molecular formula is C29H25N. The summed E-state index contributed by atoms with van der Waals surface area (Å²) in [5.74, 6) is 3.48. The Morgan fingerprint density at radius 2 is 1.30 bits per heavy atom. The molecule has 0 atom stereocenters. The standard InChI is InChI=1S/C29H25N/c1-30-28-9-5-3-6-23(28)20-10-11-25-24-7-2-4-8-26(24)29(27(25)17-20)21-13-18-12-19(15-21)16-22(29)14-18/h2-11,17-19,21-22H,12-16H2. The van der Waals surface area contributed by atoms with E-state index in [0.29, 0.717) is 0 Å². The summed E-state index contributed by atoms with van der Waals surface area (Å²) < 4.78 is 0. The molecule has 4 fully saturated rings. The first-order valence-electron chi connectivity index (χ1n) is 11.5. The predicted octanol–water partition coefficient (Wildman–Crippen LogP) is 7.63. The number of nitrogens with zero attached hydrogens (tertiary/aromatic N) is 1. The summed E-state index contributed by atoms with van der Waals surface area (Å²) in [6.07, 6.45) is 7.11. The Morgan fingerprint density at radius 3 is 2.03 bits per heavy atom. The lowest BCUT2D eigenvalue weighted by molar-refractivity contribution is -0.0399. The van der Waals surface area contributed by atoms with E-state index in [1.807, 2.05) is 12.1 Å². The van der Waals surface area contributed by atoms with Gasteiger partial charge in [0, 0.05) is 5.41 Å².